The SMILES string of the molecule is Cc1[nH]c(-c2cccc(C(C)(Cl)Cl)c2)nc1-c1ccccc1. The van der Waals surface area contributed by atoms with Crippen LogP contribution >= 0.6 is 23.2 Å². The molecule has 3 rings (SSSR count). The van der Waals surface area contributed by atoms with Crippen molar-refractivity contribution in [1.82, 2.24) is 9.97 Å². The van der Waals surface area contributed by atoms with Gasteiger partial charge in [0.1, 0.15) is 10.2 Å². The van der Waals surface area contributed by atoms with Crippen LogP contribution in [0.15, 0.2) is 54.6 Å². The van der Waals surface area contributed by atoms with Crippen LogP contribution in [0.2, 0.25) is 0 Å². The number of nitrogens with one attached hydrogen (secondary N) is 1. The van der Waals surface area contributed by atoms with Crippen molar-refractivity contribution in [3.8, 4) is 22.6 Å². The van der Waals surface area contributed by atoms with E-state index in [1.165, 1.54) is 0 Å². The Morgan fingerprint density at radius 1 is 0.955 bits per heavy atom. The predicted molar refractivity (Wildman–Crippen MR) is 93.3 cm³/mol. The molecule has 0 aliphatic heterocycles. The Labute approximate surface area is 140 Å². The van der Waals surface area contributed by atoms with Crippen molar-refractivity contribution < 1.29 is 0 Å². The van der Waals surface area contributed by atoms with Crippen LogP contribution in [0.3, 0.4) is 0 Å². The number of hydrogen-bond acceptors (Lipinski definition) is 1. The van der Waals surface area contributed by atoms with Crippen molar-refractivity contribution in [2.45, 2.75) is 18.2 Å². The molecule has 112 valence electrons. The molecule has 0 atom stereocenters. The van der Waals surface area contributed by atoms with Crippen LogP contribution in [0.25, 0.3) is 22.6 Å². The number of H-pyrrole nitrogens is 1. The molecule has 1 aromatic heterocycles. The van der Waals surface area contributed by atoms with E-state index in [4.69, 9.17) is 28.2 Å². The maximum absolute atomic E-state index is 6.19. The molecule has 1 heterocycles. The highest BCUT2D eigenvalue weighted by atomic mass is 35.5. The number of halogens is 2. The van der Waals surface area contributed by atoms with Crippen LogP contribution in [-0.4, -0.2) is 9.97 Å². The first kappa shape index (κ1) is 15.1. The van der Waals surface area contributed by atoms with Crippen molar-refractivity contribution in [3.63, 3.8) is 0 Å². The first-order valence-corrected chi connectivity index (χ1v) is 7.81. The van der Waals surface area contributed by atoms with Gasteiger partial charge in [-0.25, -0.2) is 4.98 Å². The largest absolute Gasteiger partial charge is 0.342 e. The lowest BCUT2D eigenvalue weighted by molar-refractivity contribution is 0.977. The summed E-state index contributed by atoms with van der Waals surface area (Å²) < 4.78 is -0.917. The molecule has 3 aromatic rings. The van der Waals surface area contributed by atoms with Crippen molar-refractivity contribution in [2.75, 3.05) is 0 Å². The van der Waals surface area contributed by atoms with Gasteiger partial charge in [-0.15, -0.1) is 0 Å². The number of alkyl halides is 2. The minimum absolute atomic E-state index is 0.816. The molecule has 0 aliphatic rings. The van der Waals surface area contributed by atoms with Gasteiger partial charge in [0.2, 0.25) is 0 Å². The second kappa shape index (κ2) is 5.79. The fourth-order valence-electron chi connectivity index (χ4n) is 2.41. The van der Waals surface area contributed by atoms with E-state index < -0.39 is 4.33 Å². The van der Waals surface area contributed by atoms with E-state index in [1.807, 2.05) is 49.4 Å². The Bertz CT molecular complexity index is 786. The minimum Gasteiger partial charge on any atom is -0.342 e. The summed E-state index contributed by atoms with van der Waals surface area (Å²) in [5.41, 5.74) is 4.91. The van der Waals surface area contributed by atoms with Gasteiger partial charge < -0.3 is 4.98 Å². The zero-order chi connectivity index (χ0) is 15.7. The van der Waals surface area contributed by atoms with Crippen LogP contribution in [0.4, 0.5) is 0 Å². The molecule has 0 aliphatic carbocycles. The molecule has 22 heavy (non-hydrogen) atoms. The van der Waals surface area contributed by atoms with Gasteiger partial charge in [0, 0.05) is 16.8 Å². The second-order valence-corrected chi connectivity index (χ2v) is 7.10. The summed E-state index contributed by atoms with van der Waals surface area (Å²) in [7, 11) is 0. The first-order chi connectivity index (χ1) is 10.4. The Morgan fingerprint density at radius 3 is 2.32 bits per heavy atom. The Kier molecular flexibility index (Phi) is 3.98. The molecule has 2 aromatic carbocycles. The van der Waals surface area contributed by atoms with Gasteiger partial charge in [-0.05, 0) is 25.5 Å². The lowest BCUT2D eigenvalue weighted by Crippen LogP contribution is -2.03. The third kappa shape index (κ3) is 3.03. The van der Waals surface area contributed by atoms with Crippen LogP contribution in [-0.2, 0) is 4.33 Å². The number of hydrogen-bond donors (Lipinski definition) is 1. The van der Waals surface area contributed by atoms with E-state index in [0.717, 1.165) is 33.9 Å². The van der Waals surface area contributed by atoms with Gasteiger partial charge in [0.05, 0.1) is 5.69 Å². The van der Waals surface area contributed by atoms with E-state index in [9.17, 15) is 0 Å². The smallest absolute Gasteiger partial charge is 0.140 e. The summed E-state index contributed by atoms with van der Waals surface area (Å²) in [6, 6.07) is 17.9. The fraction of sp³-hybridized carbons (Fsp3) is 0.167. The number of rotatable bonds is 3. The molecule has 0 radical (unpaired) electrons. The van der Waals surface area contributed by atoms with E-state index >= 15 is 0 Å². The highest BCUT2D eigenvalue weighted by Crippen LogP contribution is 2.35. The highest BCUT2D eigenvalue weighted by molar-refractivity contribution is 6.47. The predicted octanol–water partition coefficient (Wildman–Crippen LogP) is 5.70. The van der Waals surface area contributed by atoms with Crippen LogP contribution < -0.4 is 0 Å². The van der Waals surface area contributed by atoms with E-state index in [-0.39, 0.29) is 0 Å². The Hall–Kier alpha value is -1.77. The molecule has 0 spiro atoms. The lowest BCUT2D eigenvalue weighted by Gasteiger charge is -2.14. The van der Waals surface area contributed by atoms with Crippen molar-refractivity contribution in [2.24, 2.45) is 0 Å². The first-order valence-electron chi connectivity index (χ1n) is 7.06. The van der Waals surface area contributed by atoms with Gasteiger partial charge in [-0.1, -0.05) is 71.7 Å². The normalized spacial score (nSPS) is 11.6. The summed E-state index contributed by atoms with van der Waals surface area (Å²) in [5.74, 6) is 0.816. The molecular formula is C18H16Cl2N2. The second-order valence-electron chi connectivity index (χ2n) is 5.39. The summed E-state index contributed by atoms with van der Waals surface area (Å²) >= 11 is 12.4. The molecule has 1 N–H and O–H groups in total. The average molecular weight is 331 g/mol. The third-order valence-corrected chi connectivity index (χ3v) is 4.01. The van der Waals surface area contributed by atoms with E-state index in [0.29, 0.717) is 0 Å². The lowest BCUT2D eigenvalue weighted by atomic mass is 10.1. The maximum atomic E-state index is 6.19. The molecule has 0 bridgehead atoms. The molecule has 0 saturated carbocycles. The molecule has 0 unspecified atom stereocenters. The highest BCUT2D eigenvalue weighted by Gasteiger charge is 2.20. The number of aromatic amines is 1. The Morgan fingerprint density at radius 2 is 1.64 bits per heavy atom. The van der Waals surface area contributed by atoms with Crippen LogP contribution in [0, 0.1) is 6.92 Å². The number of nitrogens with zero attached hydrogens (tertiary/aromatic N) is 1. The van der Waals surface area contributed by atoms with Gasteiger partial charge in [0.25, 0.3) is 0 Å². The summed E-state index contributed by atoms with van der Waals surface area (Å²) in [6.45, 7) is 3.79. The minimum atomic E-state index is -0.917. The number of aromatic nitrogens is 2. The number of imidazole rings is 1. The summed E-state index contributed by atoms with van der Waals surface area (Å²) in [6.07, 6.45) is 0. The zero-order valence-electron chi connectivity index (χ0n) is 12.4. The molecule has 0 fully saturated rings. The molecular weight excluding hydrogens is 315 g/mol. The summed E-state index contributed by atoms with van der Waals surface area (Å²) in [5, 5.41) is 0. The van der Waals surface area contributed by atoms with Gasteiger partial charge >= 0.3 is 0 Å². The van der Waals surface area contributed by atoms with Gasteiger partial charge in [-0.3, -0.25) is 0 Å². The van der Waals surface area contributed by atoms with E-state index in [1.54, 1.807) is 6.92 Å². The molecule has 0 saturated heterocycles. The van der Waals surface area contributed by atoms with Gasteiger partial charge in [-0.2, -0.15) is 0 Å². The van der Waals surface area contributed by atoms with Crippen molar-refractivity contribution >= 4 is 23.2 Å². The monoisotopic (exact) mass is 330 g/mol. The fourth-order valence-corrected chi connectivity index (χ4v) is 2.65. The van der Waals surface area contributed by atoms with Crippen molar-refractivity contribution in [3.05, 3.63) is 65.9 Å². The summed E-state index contributed by atoms with van der Waals surface area (Å²) in [4.78, 5) is 8.07. The molecule has 2 nitrogen and oxygen atoms in total. The number of aryl methyl sites for hydroxylation is 1. The molecule has 0 amide bonds. The van der Waals surface area contributed by atoms with Gasteiger partial charge in [0.15, 0.2) is 0 Å². The van der Waals surface area contributed by atoms with Crippen molar-refractivity contribution in [1.29, 1.82) is 0 Å². The van der Waals surface area contributed by atoms with E-state index in [2.05, 4.69) is 17.1 Å². The number of benzene rings is 2. The van der Waals surface area contributed by atoms with Crippen LogP contribution in [0.1, 0.15) is 18.2 Å². The molecule has 4 heteroatoms. The Balaban J connectivity index is 2.04. The van der Waals surface area contributed by atoms with Crippen LogP contribution in [0.5, 0.6) is 0 Å². The maximum Gasteiger partial charge on any atom is 0.140 e. The quantitative estimate of drug-likeness (QED) is 0.613. The standard InChI is InChI=1S/C18H16Cl2N2/c1-12-16(13-7-4-3-5-8-13)22-17(21-12)14-9-6-10-15(11-14)18(2,19)20/h3-11H,1-2H3,(H,21,22). The topological polar surface area (TPSA) is 28.7 Å². The average Bonchev–Trinajstić information content (AvgIpc) is 2.89. The third-order valence-electron chi connectivity index (χ3n) is 3.57. The zero-order valence-corrected chi connectivity index (χ0v) is 13.9.